The zero-order valence-electron chi connectivity index (χ0n) is 7.94. The van der Waals surface area contributed by atoms with Gasteiger partial charge < -0.3 is 5.32 Å². The molecule has 0 bridgehead atoms. The van der Waals surface area contributed by atoms with Crippen LogP contribution in [0, 0.1) is 0 Å². The van der Waals surface area contributed by atoms with E-state index in [1.165, 1.54) is 0 Å². The van der Waals surface area contributed by atoms with Crippen LogP contribution in [-0.2, 0) is 0 Å². The lowest BCUT2D eigenvalue weighted by Crippen LogP contribution is -1.95. The van der Waals surface area contributed by atoms with Crippen LogP contribution in [0.1, 0.15) is 0 Å². The van der Waals surface area contributed by atoms with Gasteiger partial charge in [0.25, 0.3) is 0 Å². The second kappa shape index (κ2) is 3.87. The van der Waals surface area contributed by atoms with E-state index in [4.69, 9.17) is 0 Å². The van der Waals surface area contributed by atoms with Crippen molar-refractivity contribution in [2.24, 2.45) is 0 Å². The lowest BCUT2D eigenvalue weighted by atomic mass is 10.2. The second-order valence-electron chi connectivity index (χ2n) is 2.88. The third kappa shape index (κ3) is 1.71. The van der Waals surface area contributed by atoms with Gasteiger partial charge in [0.05, 0.1) is 0 Å². The summed E-state index contributed by atoms with van der Waals surface area (Å²) in [5.74, 6) is 1.58. The van der Waals surface area contributed by atoms with Crippen molar-refractivity contribution in [2.45, 2.75) is 0 Å². The van der Waals surface area contributed by atoms with E-state index in [9.17, 15) is 0 Å². The molecule has 3 nitrogen and oxygen atoms in total. The minimum Gasteiger partial charge on any atom is -0.373 e. The van der Waals surface area contributed by atoms with Crippen molar-refractivity contribution in [2.75, 3.05) is 12.4 Å². The van der Waals surface area contributed by atoms with Crippen LogP contribution in [0.5, 0.6) is 0 Å². The van der Waals surface area contributed by atoms with E-state index in [1.54, 1.807) is 6.20 Å². The van der Waals surface area contributed by atoms with Crippen LogP contribution >= 0.6 is 0 Å². The molecule has 0 amide bonds. The van der Waals surface area contributed by atoms with Crippen molar-refractivity contribution >= 4 is 5.82 Å². The summed E-state index contributed by atoms with van der Waals surface area (Å²) in [6.07, 6.45) is 1.75. The highest BCUT2D eigenvalue weighted by molar-refractivity contribution is 5.56. The van der Waals surface area contributed by atoms with Crippen LogP contribution < -0.4 is 5.32 Å². The molecule has 0 aliphatic rings. The third-order valence-corrected chi connectivity index (χ3v) is 1.94. The number of nitrogens with one attached hydrogen (secondary N) is 1. The quantitative estimate of drug-likeness (QED) is 0.779. The Bertz CT molecular complexity index is 412. The van der Waals surface area contributed by atoms with Crippen LogP contribution in [-0.4, -0.2) is 17.0 Å². The first-order chi connectivity index (χ1) is 6.90. The van der Waals surface area contributed by atoms with Gasteiger partial charge in [-0.05, 0) is 6.07 Å². The highest BCUT2D eigenvalue weighted by atomic mass is 15.0. The number of rotatable bonds is 2. The molecule has 0 saturated carbocycles. The Balaban J connectivity index is 2.42. The van der Waals surface area contributed by atoms with Gasteiger partial charge in [-0.3, -0.25) is 0 Å². The molecule has 0 radical (unpaired) electrons. The molecule has 0 spiro atoms. The van der Waals surface area contributed by atoms with Gasteiger partial charge in [0.2, 0.25) is 0 Å². The fourth-order valence-electron chi connectivity index (χ4n) is 1.22. The normalized spacial score (nSPS) is 9.79. The first-order valence-corrected chi connectivity index (χ1v) is 4.46. The molecule has 2 aromatic rings. The van der Waals surface area contributed by atoms with E-state index < -0.39 is 0 Å². The molecule has 0 saturated heterocycles. The Hall–Kier alpha value is -1.90. The summed E-state index contributed by atoms with van der Waals surface area (Å²) >= 11 is 0. The topological polar surface area (TPSA) is 37.8 Å². The van der Waals surface area contributed by atoms with Gasteiger partial charge in [-0.2, -0.15) is 0 Å². The molecule has 1 aromatic carbocycles. The maximum absolute atomic E-state index is 4.34. The number of hydrogen-bond acceptors (Lipinski definition) is 3. The van der Waals surface area contributed by atoms with Gasteiger partial charge in [0.15, 0.2) is 5.82 Å². The summed E-state index contributed by atoms with van der Waals surface area (Å²) < 4.78 is 0. The van der Waals surface area contributed by atoms with Crippen molar-refractivity contribution in [3.63, 3.8) is 0 Å². The molecule has 0 aliphatic carbocycles. The third-order valence-electron chi connectivity index (χ3n) is 1.94. The SMILES string of the molecule is CNc1ccnc(-c2ccccc2)n1. The number of nitrogens with zero attached hydrogens (tertiary/aromatic N) is 2. The van der Waals surface area contributed by atoms with Gasteiger partial charge >= 0.3 is 0 Å². The Labute approximate surface area is 82.8 Å². The van der Waals surface area contributed by atoms with Crippen LogP contribution in [0.25, 0.3) is 11.4 Å². The number of benzene rings is 1. The summed E-state index contributed by atoms with van der Waals surface area (Å²) in [5.41, 5.74) is 1.03. The lowest BCUT2D eigenvalue weighted by Gasteiger charge is -2.02. The van der Waals surface area contributed by atoms with Crippen molar-refractivity contribution in [3.8, 4) is 11.4 Å². The summed E-state index contributed by atoms with van der Waals surface area (Å²) in [6, 6.07) is 11.8. The lowest BCUT2D eigenvalue weighted by molar-refractivity contribution is 1.17. The Morgan fingerprint density at radius 2 is 1.86 bits per heavy atom. The zero-order valence-corrected chi connectivity index (χ0v) is 7.94. The number of aromatic nitrogens is 2. The minimum absolute atomic E-state index is 0.748. The predicted octanol–water partition coefficient (Wildman–Crippen LogP) is 2.19. The molecular formula is C11H11N3. The van der Waals surface area contributed by atoms with Gasteiger partial charge in [0.1, 0.15) is 5.82 Å². The van der Waals surface area contributed by atoms with Crippen molar-refractivity contribution in [1.82, 2.24) is 9.97 Å². The maximum Gasteiger partial charge on any atom is 0.161 e. The van der Waals surface area contributed by atoms with E-state index in [0.717, 1.165) is 17.2 Å². The summed E-state index contributed by atoms with van der Waals surface area (Å²) in [4.78, 5) is 8.55. The monoisotopic (exact) mass is 185 g/mol. The van der Waals surface area contributed by atoms with Crippen molar-refractivity contribution < 1.29 is 0 Å². The van der Waals surface area contributed by atoms with Gasteiger partial charge in [-0.1, -0.05) is 30.3 Å². The molecule has 1 N–H and O–H groups in total. The van der Waals surface area contributed by atoms with Gasteiger partial charge in [-0.15, -0.1) is 0 Å². The van der Waals surface area contributed by atoms with Crippen molar-refractivity contribution in [3.05, 3.63) is 42.6 Å². The summed E-state index contributed by atoms with van der Waals surface area (Å²) in [7, 11) is 1.84. The summed E-state index contributed by atoms with van der Waals surface area (Å²) in [5, 5.41) is 2.99. The smallest absolute Gasteiger partial charge is 0.161 e. The minimum atomic E-state index is 0.748. The standard InChI is InChI=1S/C11H11N3/c1-12-10-7-8-13-11(14-10)9-5-3-2-4-6-9/h2-8H,1H3,(H,12,13,14). The van der Waals surface area contributed by atoms with E-state index in [2.05, 4.69) is 15.3 Å². The largest absolute Gasteiger partial charge is 0.373 e. The second-order valence-corrected chi connectivity index (χ2v) is 2.88. The average Bonchev–Trinajstić information content (AvgIpc) is 2.30. The molecule has 0 atom stereocenters. The highest BCUT2D eigenvalue weighted by Crippen LogP contribution is 2.14. The number of anilines is 1. The molecular weight excluding hydrogens is 174 g/mol. The fourth-order valence-corrected chi connectivity index (χ4v) is 1.22. The Kier molecular flexibility index (Phi) is 2.40. The van der Waals surface area contributed by atoms with Crippen LogP contribution in [0.2, 0.25) is 0 Å². The van der Waals surface area contributed by atoms with E-state index >= 15 is 0 Å². The Morgan fingerprint density at radius 3 is 2.57 bits per heavy atom. The van der Waals surface area contributed by atoms with Crippen LogP contribution in [0.3, 0.4) is 0 Å². The van der Waals surface area contributed by atoms with E-state index in [1.807, 2.05) is 43.4 Å². The molecule has 3 heteroatoms. The van der Waals surface area contributed by atoms with Gasteiger partial charge in [0, 0.05) is 18.8 Å². The molecule has 70 valence electrons. The first kappa shape index (κ1) is 8.69. The molecule has 0 aliphatic heterocycles. The van der Waals surface area contributed by atoms with Crippen LogP contribution in [0.15, 0.2) is 42.6 Å². The molecule has 1 heterocycles. The molecule has 0 unspecified atom stereocenters. The van der Waals surface area contributed by atoms with Gasteiger partial charge in [-0.25, -0.2) is 9.97 Å². The average molecular weight is 185 g/mol. The molecule has 1 aromatic heterocycles. The highest BCUT2D eigenvalue weighted by Gasteiger charge is 1.99. The summed E-state index contributed by atoms with van der Waals surface area (Å²) in [6.45, 7) is 0. The molecule has 0 fully saturated rings. The first-order valence-electron chi connectivity index (χ1n) is 4.46. The van der Waals surface area contributed by atoms with E-state index in [0.29, 0.717) is 0 Å². The zero-order chi connectivity index (χ0) is 9.80. The molecule has 14 heavy (non-hydrogen) atoms. The molecule has 2 rings (SSSR count). The number of hydrogen-bond donors (Lipinski definition) is 1. The fraction of sp³-hybridized carbons (Fsp3) is 0.0909. The van der Waals surface area contributed by atoms with Crippen molar-refractivity contribution in [1.29, 1.82) is 0 Å². The maximum atomic E-state index is 4.34. The predicted molar refractivity (Wildman–Crippen MR) is 57.0 cm³/mol. The van der Waals surface area contributed by atoms with E-state index in [-0.39, 0.29) is 0 Å². The Morgan fingerprint density at radius 1 is 1.07 bits per heavy atom. The van der Waals surface area contributed by atoms with Crippen LogP contribution in [0.4, 0.5) is 5.82 Å².